The van der Waals surface area contributed by atoms with Crippen LogP contribution in [0.25, 0.3) is 10.4 Å². The minimum atomic E-state index is -0.967. The summed E-state index contributed by atoms with van der Waals surface area (Å²) < 4.78 is 10.7. The lowest BCUT2D eigenvalue weighted by atomic mass is 9.94. The molecule has 11 heteroatoms. The lowest BCUT2D eigenvalue weighted by Crippen LogP contribution is -2.05. The van der Waals surface area contributed by atoms with Gasteiger partial charge in [0.05, 0.1) is 7.11 Å². The number of nitrogens with zero attached hydrogens (tertiary/aromatic N) is 3. The van der Waals surface area contributed by atoms with Gasteiger partial charge < -0.3 is 19.7 Å². The number of methoxy groups -OCH3 is 1. The van der Waals surface area contributed by atoms with Crippen LogP contribution in [-0.4, -0.2) is 47.3 Å². The molecule has 1 heterocycles. The van der Waals surface area contributed by atoms with Crippen LogP contribution >= 0.6 is 24.4 Å². The number of ether oxygens (including phenoxy) is 2. The number of phenolic OH excluding ortho intramolecular Hbond substituents is 1. The maximum absolute atomic E-state index is 12.2. The van der Waals surface area contributed by atoms with Crippen LogP contribution < -0.4 is 4.74 Å². The Balaban J connectivity index is 2.47. The normalized spacial score (nSPS) is 12.9. The molecule has 1 aromatic carbocycles. The number of allylic oxidation sites excluding steroid dienone is 1. The summed E-state index contributed by atoms with van der Waals surface area (Å²) in [6.45, 7) is 0.0935. The summed E-state index contributed by atoms with van der Waals surface area (Å²) in [5.74, 6) is 0.771. The van der Waals surface area contributed by atoms with Crippen LogP contribution in [0.5, 0.6) is 11.5 Å². The third kappa shape index (κ3) is 5.78. The Morgan fingerprint density at radius 1 is 1.43 bits per heavy atom. The molecule has 162 valence electrons. The Kier molecular flexibility index (Phi) is 9.22. The van der Waals surface area contributed by atoms with Gasteiger partial charge in [-0.05, 0) is 24.1 Å². The molecule has 30 heavy (non-hydrogen) atoms. The van der Waals surface area contributed by atoms with Gasteiger partial charge >= 0.3 is 11.9 Å². The second-order valence-electron chi connectivity index (χ2n) is 6.39. The number of fused-ring (bicyclic) bond motifs is 1. The molecular formula is C19H23N3O6S2. The molecule has 0 saturated carbocycles. The highest BCUT2D eigenvalue weighted by Gasteiger charge is 2.33. The lowest BCUT2D eigenvalue weighted by molar-refractivity contribution is -0.136. The molecule has 0 fully saturated rings. The smallest absolute Gasteiger partial charge is 0.342 e. The van der Waals surface area contributed by atoms with E-state index in [4.69, 9.17) is 20.1 Å². The lowest BCUT2D eigenvalue weighted by Gasteiger charge is -2.18. The average Bonchev–Trinajstić information content (AvgIpc) is 3.11. The maximum Gasteiger partial charge on any atom is 0.342 e. The zero-order valence-corrected chi connectivity index (χ0v) is 18.2. The molecule has 0 unspecified atom stereocenters. The third-order valence-corrected chi connectivity index (χ3v) is 6.08. The third-order valence-electron chi connectivity index (χ3n) is 4.57. The summed E-state index contributed by atoms with van der Waals surface area (Å²) in [7, 11) is 1.49. The summed E-state index contributed by atoms with van der Waals surface area (Å²) in [5.41, 5.74) is 11.1. The number of carbonyl (C=O) groups excluding carboxylic acids is 1. The van der Waals surface area contributed by atoms with Gasteiger partial charge in [-0.3, -0.25) is 4.79 Å². The first-order valence-corrected chi connectivity index (χ1v) is 10.9. The van der Waals surface area contributed by atoms with Crippen molar-refractivity contribution < 1.29 is 29.3 Å². The van der Waals surface area contributed by atoms with E-state index in [1.54, 1.807) is 17.8 Å². The minimum Gasteiger partial charge on any atom is -0.507 e. The van der Waals surface area contributed by atoms with E-state index in [1.807, 2.05) is 0 Å². The molecule has 2 rings (SSSR count). The number of rotatable bonds is 12. The van der Waals surface area contributed by atoms with Crippen LogP contribution in [0.3, 0.4) is 0 Å². The van der Waals surface area contributed by atoms with E-state index in [9.17, 15) is 14.7 Å². The summed E-state index contributed by atoms with van der Waals surface area (Å²) in [6.07, 6.45) is 1.97. The fourth-order valence-electron chi connectivity index (χ4n) is 3.17. The molecule has 1 aliphatic heterocycles. The number of thioether (sulfide) groups is 1. The van der Waals surface area contributed by atoms with Crippen molar-refractivity contribution in [1.29, 1.82) is 0 Å². The Bertz CT molecular complexity index is 897. The van der Waals surface area contributed by atoms with Crippen LogP contribution in [-0.2, 0) is 28.3 Å². The molecule has 1 aliphatic rings. The van der Waals surface area contributed by atoms with Crippen molar-refractivity contribution >= 4 is 36.3 Å². The van der Waals surface area contributed by atoms with E-state index in [-0.39, 0.29) is 43.7 Å². The zero-order chi connectivity index (χ0) is 22.1. The topological polar surface area (TPSA) is 142 Å². The largest absolute Gasteiger partial charge is 0.507 e. The quantitative estimate of drug-likeness (QED) is 0.0829. The first-order chi connectivity index (χ1) is 14.4. The number of benzene rings is 1. The number of cyclic esters (lactones) is 1. The van der Waals surface area contributed by atoms with Crippen LogP contribution in [0.15, 0.2) is 16.8 Å². The van der Waals surface area contributed by atoms with Crippen molar-refractivity contribution in [2.75, 3.05) is 25.2 Å². The van der Waals surface area contributed by atoms with Crippen molar-refractivity contribution in [3.8, 4) is 11.5 Å². The zero-order valence-electron chi connectivity index (χ0n) is 16.5. The summed E-state index contributed by atoms with van der Waals surface area (Å²) >= 11 is 5.84. The molecule has 0 atom stereocenters. The number of hydrogen-bond donors (Lipinski definition) is 3. The Hall–Kier alpha value is -2.49. The fraction of sp³-hybridized carbons (Fsp3) is 0.474. The fourth-order valence-corrected chi connectivity index (χ4v) is 4.34. The van der Waals surface area contributed by atoms with Gasteiger partial charge in [-0.1, -0.05) is 16.8 Å². The van der Waals surface area contributed by atoms with Gasteiger partial charge in [0.2, 0.25) is 0 Å². The van der Waals surface area contributed by atoms with Crippen molar-refractivity contribution in [1.82, 2.24) is 0 Å². The molecular weight excluding hydrogens is 430 g/mol. The van der Waals surface area contributed by atoms with Crippen LogP contribution in [0.2, 0.25) is 0 Å². The number of carboxylic acid groups (broad SMARTS) is 1. The first kappa shape index (κ1) is 23.8. The first-order valence-electron chi connectivity index (χ1n) is 9.14. The average molecular weight is 454 g/mol. The maximum atomic E-state index is 12.2. The predicted molar refractivity (Wildman–Crippen MR) is 116 cm³/mol. The highest BCUT2D eigenvalue weighted by Crippen LogP contribution is 2.43. The van der Waals surface area contributed by atoms with Gasteiger partial charge in [0.25, 0.3) is 0 Å². The SMILES string of the molecule is COc1c(CC=C(CCC(=O)O)CN=[N+]=[N-])c(O)c2c(c1CSCCS)COC2=O. The van der Waals surface area contributed by atoms with Gasteiger partial charge in [0.15, 0.2) is 0 Å². The number of thiol groups is 1. The predicted octanol–water partition coefficient (Wildman–Crippen LogP) is 3.88. The van der Waals surface area contributed by atoms with E-state index in [0.717, 1.165) is 11.3 Å². The monoisotopic (exact) mass is 453 g/mol. The van der Waals surface area contributed by atoms with Crippen molar-refractivity contribution in [3.05, 3.63) is 44.3 Å². The Morgan fingerprint density at radius 3 is 2.83 bits per heavy atom. The molecule has 0 aromatic heterocycles. The summed E-state index contributed by atoms with van der Waals surface area (Å²) in [5, 5.41) is 23.2. The number of carbonyl (C=O) groups is 2. The minimum absolute atomic E-state index is 0.0183. The molecule has 0 bridgehead atoms. The number of esters is 1. The Morgan fingerprint density at radius 2 is 2.20 bits per heavy atom. The molecule has 1 aromatic rings. The van der Waals surface area contributed by atoms with Crippen molar-refractivity contribution in [2.24, 2.45) is 5.11 Å². The van der Waals surface area contributed by atoms with Gasteiger partial charge in [-0.15, -0.1) is 0 Å². The standard InChI is InChI=1S/C19H23N3O6S2/c1-27-18-12(4-2-11(8-21-22-20)3-5-15(23)24)17(25)16-13(9-28-19(16)26)14(18)10-30-7-6-29/h2,25,29H,3-10H2,1H3,(H,23,24). The van der Waals surface area contributed by atoms with Crippen LogP contribution in [0.1, 0.15) is 39.9 Å². The Labute approximate surface area is 183 Å². The molecule has 9 nitrogen and oxygen atoms in total. The summed E-state index contributed by atoms with van der Waals surface area (Å²) in [4.78, 5) is 25.8. The number of azide groups is 1. The highest BCUT2D eigenvalue weighted by atomic mass is 32.2. The number of aliphatic carboxylic acids is 1. The van der Waals surface area contributed by atoms with Crippen molar-refractivity contribution in [3.63, 3.8) is 0 Å². The van der Waals surface area contributed by atoms with E-state index in [0.29, 0.717) is 34.0 Å². The molecule has 0 saturated heterocycles. The van der Waals surface area contributed by atoms with E-state index < -0.39 is 11.9 Å². The van der Waals surface area contributed by atoms with Gasteiger partial charge in [-0.25, -0.2) is 4.79 Å². The number of aromatic hydroxyl groups is 1. The summed E-state index contributed by atoms with van der Waals surface area (Å²) in [6, 6.07) is 0. The second-order valence-corrected chi connectivity index (χ2v) is 7.95. The van der Waals surface area contributed by atoms with E-state index in [2.05, 4.69) is 22.7 Å². The number of carboxylic acids is 1. The molecule has 0 aliphatic carbocycles. The molecule has 0 spiro atoms. The van der Waals surface area contributed by atoms with Gasteiger partial charge in [0.1, 0.15) is 23.7 Å². The van der Waals surface area contributed by atoms with Crippen LogP contribution in [0.4, 0.5) is 0 Å². The van der Waals surface area contributed by atoms with Gasteiger partial charge in [0, 0.05) is 46.1 Å². The van der Waals surface area contributed by atoms with Gasteiger partial charge in [-0.2, -0.15) is 24.4 Å². The number of phenols is 1. The van der Waals surface area contributed by atoms with E-state index >= 15 is 0 Å². The molecule has 0 radical (unpaired) electrons. The highest BCUT2D eigenvalue weighted by molar-refractivity contribution is 7.99. The number of hydrogen-bond acceptors (Lipinski definition) is 8. The molecule has 2 N–H and O–H groups in total. The van der Waals surface area contributed by atoms with E-state index in [1.165, 1.54) is 7.11 Å². The van der Waals surface area contributed by atoms with Crippen LogP contribution in [0, 0.1) is 0 Å². The van der Waals surface area contributed by atoms with Crippen molar-refractivity contribution in [2.45, 2.75) is 31.6 Å². The molecule has 0 amide bonds. The second kappa shape index (κ2) is 11.6.